The van der Waals surface area contributed by atoms with Crippen molar-refractivity contribution in [3.8, 4) is 0 Å². The fourth-order valence-corrected chi connectivity index (χ4v) is 2.43. The summed E-state index contributed by atoms with van der Waals surface area (Å²) in [6, 6.07) is 0. The summed E-state index contributed by atoms with van der Waals surface area (Å²) in [5.41, 5.74) is 5.49. The lowest BCUT2D eigenvalue weighted by molar-refractivity contribution is 0.122. The summed E-state index contributed by atoms with van der Waals surface area (Å²) in [7, 11) is 0. The maximum absolute atomic E-state index is 5.49. The SMILES string of the molecule is NCCc1cnc(N2CCOCC2)s1. The minimum atomic E-state index is 0.699. The van der Waals surface area contributed by atoms with Gasteiger partial charge in [0.05, 0.1) is 13.2 Å². The average Bonchev–Trinajstić information content (AvgIpc) is 2.68. The van der Waals surface area contributed by atoms with Gasteiger partial charge in [-0.1, -0.05) is 0 Å². The molecule has 2 rings (SSSR count). The maximum atomic E-state index is 5.49. The van der Waals surface area contributed by atoms with Gasteiger partial charge in [-0.25, -0.2) is 4.98 Å². The third-order valence-corrected chi connectivity index (χ3v) is 3.33. The number of hydrogen-bond donors (Lipinski definition) is 1. The van der Waals surface area contributed by atoms with E-state index in [-0.39, 0.29) is 0 Å². The molecule has 0 saturated carbocycles. The highest BCUT2D eigenvalue weighted by atomic mass is 32.1. The number of nitrogens with two attached hydrogens (primary N) is 1. The molecular formula is C9H15N3OS. The standard InChI is InChI=1S/C9H15N3OS/c10-2-1-8-7-11-9(14-8)12-3-5-13-6-4-12/h7H,1-6,10H2. The molecule has 1 aromatic rings. The maximum Gasteiger partial charge on any atom is 0.185 e. The minimum Gasteiger partial charge on any atom is -0.378 e. The smallest absolute Gasteiger partial charge is 0.185 e. The highest BCUT2D eigenvalue weighted by molar-refractivity contribution is 7.15. The van der Waals surface area contributed by atoms with Crippen LogP contribution in [0, 0.1) is 0 Å². The summed E-state index contributed by atoms with van der Waals surface area (Å²) in [5, 5.41) is 1.11. The van der Waals surface area contributed by atoms with Crippen molar-refractivity contribution in [1.29, 1.82) is 0 Å². The Hall–Kier alpha value is -0.650. The second kappa shape index (κ2) is 4.72. The third-order valence-electron chi connectivity index (χ3n) is 2.21. The Labute approximate surface area is 87.7 Å². The van der Waals surface area contributed by atoms with Gasteiger partial charge in [0, 0.05) is 24.2 Å². The monoisotopic (exact) mass is 213 g/mol. The molecule has 1 aliphatic heterocycles. The van der Waals surface area contributed by atoms with Crippen LogP contribution in [-0.2, 0) is 11.2 Å². The van der Waals surface area contributed by atoms with Crippen molar-refractivity contribution in [1.82, 2.24) is 4.98 Å². The highest BCUT2D eigenvalue weighted by Gasteiger charge is 2.14. The molecule has 14 heavy (non-hydrogen) atoms. The van der Waals surface area contributed by atoms with Gasteiger partial charge in [0.25, 0.3) is 0 Å². The van der Waals surface area contributed by atoms with Crippen LogP contribution in [-0.4, -0.2) is 37.8 Å². The van der Waals surface area contributed by atoms with Gasteiger partial charge in [-0.05, 0) is 13.0 Å². The first-order chi connectivity index (χ1) is 6.90. The molecule has 0 unspecified atom stereocenters. The van der Waals surface area contributed by atoms with Crippen molar-refractivity contribution in [2.45, 2.75) is 6.42 Å². The number of rotatable bonds is 3. The molecule has 1 aliphatic rings. The van der Waals surface area contributed by atoms with Crippen LogP contribution < -0.4 is 10.6 Å². The first-order valence-corrected chi connectivity index (χ1v) is 5.69. The van der Waals surface area contributed by atoms with Gasteiger partial charge >= 0.3 is 0 Å². The van der Waals surface area contributed by atoms with Gasteiger partial charge in [-0.2, -0.15) is 0 Å². The van der Waals surface area contributed by atoms with E-state index in [0.717, 1.165) is 37.9 Å². The van der Waals surface area contributed by atoms with E-state index >= 15 is 0 Å². The van der Waals surface area contributed by atoms with Gasteiger partial charge in [0.1, 0.15) is 0 Å². The summed E-state index contributed by atoms with van der Waals surface area (Å²) in [5.74, 6) is 0. The van der Waals surface area contributed by atoms with E-state index in [2.05, 4.69) is 9.88 Å². The lowest BCUT2D eigenvalue weighted by Gasteiger charge is -2.25. The lowest BCUT2D eigenvalue weighted by atomic mass is 10.4. The molecule has 1 saturated heterocycles. The van der Waals surface area contributed by atoms with E-state index in [1.807, 2.05) is 6.20 Å². The first-order valence-electron chi connectivity index (χ1n) is 4.87. The highest BCUT2D eigenvalue weighted by Crippen LogP contribution is 2.23. The van der Waals surface area contributed by atoms with Crippen LogP contribution in [0.3, 0.4) is 0 Å². The predicted octanol–water partition coefficient (Wildman–Crippen LogP) is 0.481. The molecule has 0 amide bonds. The fourth-order valence-electron chi connectivity index (χ4n) is 1.46. The summed E-state index contributed by atoms with van der Waals surface area (Å²) in [4.78, 5) is 7.94. The Morgan fingerprint density at radius 2 is 2.29 bits per heavy atom. The largest absolute Gasteiger partial charge is 0.378 e. The van der Waals surface area contributed by atoms with E-state index in [4.69, 9.17) is 10.5 Å². The molecule has 78 valence electrons. The zero-order chi connectivity index (χ0) is 9.80. The number of aromatic nitrogens is 1. The zero-order valence-corrected chi connectivity index (χ0v) is 8.92. The molecule has 0 radical (unpaired) electrons. The number of morpholine rings is 1. The summed E-state index contributed by atoms with van der Waals surface area (Å²) in [6.07, 6.45) is 2.87. The normalized spacial score (nSPS) is 17.4. The molecule has 0 aromatic carbocycles. The molecule has 1 aromatic heterocycles. The van der Waals surface area contributed by atoms with Crippen LogP contribution in [0.4, 0.5) is 5.13 Å². The number of thiazole rings is 1. The van der Waals surface area contributed by atoms with Crippen LogP contribution in [0.15, 0.2) is 6.20 Å². The zero-order valence-electron chi connectivity index (χ0n) is 8.11. The Bertz CT molecular complexity index is 283. The molecule has 2 heterocycles. The van der Waals surface area contributed by atoms with Crippen LogP contribution in [0.5, 0.6) is 0 Å². The number of nitrogens with zero attached hydrogens (tertiary/aromatic N) is 2. The van der Waals surface area contributed by atoms with Crippen molar-refractivity contribution in [3.63, 3.8) is 0 Å². The van der Waals surface area contributed by atoms with Crippen molar-refractivity contribution < 1.29 is 4.74 Å². The Morgan fingerprint density at radius 3 is 3.00 bits per heavy atom. The molecule has 1 fully saturated rings. The van der Waals surface area contributed by atoms with Crippen molar-refractivity contribution in [3.05, 3.63) is 11.1 Å². The minimum absolute atomic E-state index is 0.699. The number of anilines is 1. The second-order valence-electron chi connectivity index (χ2n) is 3.25. The third kappa shape index (κ3) is 2.23. The van der Waals surface area contributed by atoms with E-state index in [1.165, 1.54) is 4.88 Å². The van der Waals surface area contributed by atoms with Crippen molar-refractivity contribution in [2.75, 3.05) is 37.7 Å². The predicted molar refractivity (Wildman–Crippen MR) is 57.9 cm³/mol. The van der Waals surface area contributed by atoms with Crippen LogP contribution in [0.1, 0.15) is 4.88 Å². The first kappa shape index (κ1) is 9.89. The van der Waals surface area contributed by atoms with E-state index < -0.39 is 0 Å². The molecule has 4 nitrogen and oxygen atoms in total. The van der Waals surface area contributed by atoms with E-state index in [1.54, 1.807) is 11.3 Å². The molecule has 0 atom stereocenters. The van der Waals surface area contributed by atoms with Crippen LogP contribution in [0.2, 0.25) is 0 Å². The molecule has 0 spiro atoms. The van der Waals surface area contributed by atoms with Gasteiger partial charge in [-0.3, -0.25) is 0 Å². The van der Waals surface area contributed by atoms with E-state index in [0.29, 0.717) is 6.54 Å². The number of ether oxygens (including phenoxy) is 1. The summed E-state index contributed by atoms with van der Waals surface area (Å²) in [6.45, 7) is 4.23. The Kier molecular flexibility index (Phi) is 3.34. The molecule has 0 bridgehead atoms. The summed E-state index contributed by atoms with van der Waals surface area (Å²) < 4.78 is 5.29. The molecule has 0 aliphatic carbocycles. The van der Waals surface area contributed by atoms with Crippen molar-refractivity contribution in [2.24, 2.45) is 5.73 Å². The van der Waals surface area contributed by atoms with Gasteiger partial charge in [0.2, 0.25) is 0 Å². The Balaban J connectivity index is 2.00. The fraction of sp³-hybridized carbons (Fsp3) is 0.667. The van der Waals surface area contributed by atoms with Crippen LogP contribution >= 0.6 is 11.3 Å². The second-order valence-corrected chi connectivity index (χ2v) is 4.34. The van der Waals surface area contributed by atoms with Crippen LogP contribution in [0.25, 0.3) is 0 Å². The van der Waals surface area contributed by atoms with Gasteiger partial charge in [0.15, 0.2) is 5.13 Å². The molecule has 5 heteroatoms. The molecule has 2 N–H and O–H groups in total. The average molecular weight is 213 g/mol. The van der Waals surface area contributed by atoms with E-state index in [9.17, 15) is 0 Å². The topological polar surface area (TPSA) is 51.4 Å². The van der Waals surface area contributed by atoms with Crippen molar-refractivity contribution >= 4 is 16.5 Å². The lowest BCUT2D eigenvalue weighted by Crippen LogP contribution is -2.36. The molecular weight excluding hydrogens is 198 g/mol. The van der Waals surface area contributed by atoms with Gasteiger partial charge in [-0.15, -0.1) is 11.3 Å². The summed E-state index contributed by atoms with van der Waals surface area (Å²) >= 11 is 1.74. The quantitative estimate of drug-likeness (QED) is 0.793. The number of hydrogen-bond acceptors (Lipinski definition) is 5. The van der Waals surface area contributed by atoms with Gasteiger partial charge < -0.3 is 15.4 Å². The Morgan fingerprint density at radius 1 is 1.50 bits per heavy atom.